The highest BCUT2D eigenvalue weighted by atomic mass is 35.5. The molecule has 1 aromatic carbocycles. The summed E-state index contributed by atoms with van der Waals surface area (Å²) in [5.41, 5.74) is -0.0338. The number of nitrogens with zero attached hydrogens (tertiary/aromatic N) is 1. The summed E-state index contributed by atoms with van der Waals surface area (Å²) in [6, 6.07) is 3.85. The quantitative estimate of drug-likeness (QED) is 0.457. The fourth-order valence-corrected chi connectivity index (χ4v) is 1.62. The van der Waals surface area contributed by atoms with Gasteiger partial charge < -0.3 is 10.6 Å². The van der Waals surface area contributed by atoms with Gasteiger partial charge in [0, 0.05) is 12.1 Å². The SMILES string of the molecule is O=C(C=Cc1ccc(Cl)c([N+](=O)[O-])c1)NCC(=O)NCC(F)(F)F. The van der Waals surface area contributed by atoms with Gasteiger partial charge >= 0.3 is 6.18 Å². The molecule has 0 atom stereocenters. The van der Waals surface area contributed by atoms with Gasteiger partial charge in [-0.05, 0) is 17.7 Å². The van der Waals surface area contributed by atoms with Gasteiger partial charge in [0.25, 0.3) is 5.69 Å². The highest BCUT2D eigenvalue weighted by Gasteiger charge is 2.27. The van der Waals surface area contributed by atoms with Gasteiger partial charge in [-0.1, -0.05) is 17.7 Å². The molecule has 7 nitrogen and oxygen atoms in total. The lowest BCUT2D eigenvalue weighted by Crippen LogP contribution is -2.40. The third-order valence-electron chi connectivity index (χ3n) is 2.50. The molecule has 0 bridgehead atoms. The second kappa shape index (κ2) is 8.29. The van der Waals surface area contributed by atoms with E-state index >= 15 is 0 Å². The molecule has 0 aliphatic heterocycles. The van der Waals surface area contributed by atoms with Gasteiger partial charge in [0.2, 0.25) is 11.8 Å². The van der Waals surface area contributed by atoms with Crippen molar-refractivity contribution in [3.63, 3.8) is 0 Å². The summed E-state index contributed by atoms with van der Waals surface area (Å²) >= 11 is 5.63. The van der Waals surface area contributed by atoms with Gasteiger partial charge in [-0.15, -0.1) is 0 Å². The zero-order valence-corrected chi connectivity index (χ0v) is 12.6. The van der Waals surface area contributed by atoms with E-state index in [1.54, 1.807) is 5.32 Å². The minimum atomic E-state index is -4.54. The van der Waals surface area contributed by atoms with Crippen LogP contribution in [0.1, 0.15) is 5.56 Å². The van der Waals surface area contributed by atoms with Crippen molar-refractivity contribution in [3.8, 4) is 0 Å². The second-order valence-corrected chi connectivity index (χ2v) is 4.82. The van der Waals surface area contributed by atoms with E-state index in [0.29, 0.717) is 5.56 Å². The van der Waals surface area contributed by atoms with Crippen LogP contribution in [0.2, 0.25) is 5.02 Å². The number of halogens is 4. The zero-order chi connectivity index (χ0) is 18.3. The van der Waals surface area contributed by atoms with Crippen molar-refractivity contribution in [2.75, 3.05) is 13.1 Å². The van der Waals surface area contributed by atoms with E-state index in [2.05, 4.69) is 5.32 Å². The van der Waals surface area contributed by atoms with Gasteiger partial charge in [-0.2, -0.15) is 13.2 Å². The molecule has 0 aliphatic rings. The number of nitro benzene ring substituents is 1. The van der Waals surface area contributed by atoms with E-state index in [1.165, 1.54) is 18.2 Å². The lowest BCUT2D eigenvalue weighted by Gasteiger charge is -2.08. The van der Waals surface area contributed by atoms with Crippen molar-refractivity contribution in [2.45, 2.75) is 6.18 Å². The number of amides is 2. The predicted molar refractivity (Wildman–Crippen MR) is 79.2 cm³/mol. The van der Waals surface area contributed by atoms with Crippen LogP contribution in [0.3, 0.4) is 0 Å². The molecule has 0 unspecified atom stereocenters. The smallest absolute Gasteiger partial charge is 0.345 e. The number of hydrogen-bond donors (Lipinski definition) is 2. The number of nitro groups is 1. The van der Waals surface area contributed by atoms with E-state index in [-0.39, 0.29) is 10.7 Å². The van der Waals surface area contributed by atoms with Gasteiger partial charge in [0.05, 0.1) is 11.5 Å². The minimum Gasteiger partial charge on any atom is -0.345 e. The molecule has 0 spiro atoms. The van der Waals surface area contributed by atoms with Crippen LogP contribution in [-0.4, -0.2) is 36.0 Å². The highest BCUT2D eigenvalue weighted by molar-refractivity contribution is 6.32. The number of hydrogen-bond acceptors (Lipinski definition) is 4. The van der Waals surface area contributed by atoms with Crippen molar-refractivity contribution in [1.29, 1.82) is 0 Å². The topological polar surface area (TPSA) is 101 Å². The third-order valence-corrected chi connectivity index (χ3v) is 2.82. The normalized spacial score (nSPS) is 11.3. The Hall–Kier alpha value is -2.62. The Morgan fingerprint density at radius 3 is 2.54 bits per heavy atom. The number of carbonyl (C=O) groups is 2. The molecular formula is C13H11ClF3N3O4. The first kappa shape index (κ1) is 19.4. The summed E-state index contributed by atoms with van der Waals surface area (Å²) in [5, 5.41) is 14.3. The Morgan fingerprint density at radius 1 is 1.29 bits per heavy atom. The third kappa shape index (κ3) is 7.09. The molecule has 1 aromatic rings. The molecule has 130 valence electrons. The molecule has 0 aromatic heterocycles. The van der Waals surface area contributed by atoms with E-state index in [9.17, 15) is 32.9 Å². The van der Waals surface area contributed by atoms with Crippen LogP contribution in [0.15, 0.2) is 24.3 Å². The van der Waals surface area contributed by atoms with Crippen LogP contribution < -0.4 is 10.6 Å². The molecule has 11 heteroatoms. The average Bonchev–Trinajstić information content (AvgIpc) is 2.49. The number of carbonyl (C=O) groups excluding carboxylic acids is 2. The van der Waals surface area contributed by atoms with Gasteiger partial charge in [-0.25, -0.2) is 0 Å². The van der Waals surface area contributed by atoms with Crippen LogP contribution in [0.25, 0.3) is 6.08 Å². The molecule has 0 saturated carbocycles. The maximum absolute atomic E-state index is 11.9. The Kier molecular flexibility index (Phi) is 6.71. The number of alkyl halides is 3. The van der Waals surface area contributed by atoms with Crippen LogP contribution in [0.5, 0.6) is 0 Å². The first-order chi connectivity index (χ1) is 11.1. The zero-order valence-electron chi connectivity index (χ0n) is 11.9. The summed E-state index contributed by atoms with van der Waals surface area (Å²) in [5.74, 6) is -1.76. The van der Waals surface area contributed by atoms with Crippen molar-refractivity contribution in [2.24, 2.45) is 0 Å². The first-order valence-electron chi connectivity index (χ1n) is 6.32. The Bertz CT molecular complexity index is 677. The van der Waals surface area contributed by atoms with Crippen LogP contribution >= 0.6 is 11.6 Å². The molecule has 0 aliphatic carbocycles. The lowest BCUT2D eigenvalue weighted by molar-refractivity contribution is -0.384. The maximum Gasteiger partial charge on any atom is 0.405 e. The monoisotopic (exact) mass is 365 g/mol. The number of benzene rings is 1. The summed E-state index contributed by atoms with van der Waals surface area (Å²) in [4.78, 5) is 32.6. The summed E-state index contributed by atoms with van der Waals surface area (Å²) < 4.78 is 35.6. The van der Waals surface area contributed by atoms with Crippen LogP contribution in [-0.2, 0) is 9.59 Å². The van der Waals surface area contributed by atoms with Crippen molar-refractivity contribution in [3.05, 3.63) is 45.0 Å². The molecule has 1 rings (SSSR count). The predicted octanol–water partition coefficient (Wildman–Crippen LogP) is 2.06. The van der Waals surface area contributed by atoms with E-state index in [4.69, 9.17) is 11.6 Å². The van der Waals surface area contributed by atoms with Crippen molar-refractivity contribution >= 4 is 35.2 Å². The molecule has 24 heavy (non-hydrogen) atoms. The molecule has 2 N–H and O–H groups in total. The number of nitrogens with one attached hydrogen (secondary N) is 2. The van der Waals surface area contributed by atoms with Gasteiger partial charge in [-0.3, -0.25) is 19.7 Å². The summed E-state index contributed by atoms with van der Waals surface area (Å²) in [6.07, 6.45) is -2.33. The van der Waals surface area contributed by atoms with Gasteiger partial charge in [0.15, 0.2) is 0 Å². The Labute approximate surface area is 138 Å². The summed E-state index contributed by atoms with van der Waals surface area (Å²) in [6.45, 7) is -2.13. The van der Waals surface area contributed by atoms with Crippen molar-refractivity contribution < 1.29 is 27.7 Å². The fraction of sp³-hybridized carbons (Fsp3) is 0.231. The molecule has 2 amide bonds. The standard InChI is InChI=1S/C13H11ClF3N3O4/c14-9-3-1-8(5-10(9)20(23)24)2-4-11(21)18-6-12(22)19-7-13(15,16)17/h1-5H,6-7H2,(H,18,21)(H,19,22). The Balaban J connectivity index is 2.53. The summed E-state index contributed by atoms with van der Waals surface area (Å²) in [7, 11) is 0. The van der Waals surface area contributed by atoms with E-state index in [1.807, 2.05) is 0 Å². The fourth-order valence-electron chi connectivity index (χ4n) is 1.43. The van der Waals surface area contributed by atoms with E-state index in [0.717, 1.165) is 12.1 Å². The minimum absolute atomic E-state index is 0.0667. The number of rotatable bonds is 6. The molecular weight excluding hydrogens is 355 g/mol. The molecule has 0 heterocycles. The molecule has 0 saturated heterocycles. The largest absolute Gasteiger partial charge is 0.405 e. The highest BCUT2D eigenvalue weighted by Crippen LogP contribution is 2.25. The van der Waals surface area contributed by atoms with Crippen LogP contribution in [0, 0.1) is 10.1 Å². The average molecular weight is 366 g/mol. The molecule has 0 fully saturated rings. The molecule has 0 radical (unpaired) electrons. The first-order valence-corrected chi connectivity index (χ1v) is 6.69. The Morgan fingerprint density at radius 2 is 1.96 bits per heavy atom. The van der Waals surface area contributed by atoms with E-state index < -0.39 is 36.0 Å². The van der Waals surface area contributed by atoms with Crippen molar-refractivity contribution in [1.82, 2.24) is 10.6 Å². The lowest BCUT2D eigenvalue weighted by atomic mass is 10.2. The maximum atomic E-state index is 11.9. The van der Waals surface area contributed by atoms with Crippen LogP contribution in [0.4, 0.5) is 18.9 Å². The van der Waals surface area contributed by atoms with Gasteiger partial charge in [0.1, 0.15) is 11.6 Å². The second-order valence-electron chi connectivity index (χ2n) is 4.41.